The summed E-state index contributed by atoms with van der Waals surface area (Å²) in [5, 5.41) is 7.38. The Morgan fingerprint density at radius 3 is 2.54 bits per heavy atom. The molecule has 5 nitrogen and oxygen atoms in total. The molecule has 134 valence electrons. The van der Waals surface area contributed by atoms with Crippen molar-refractivity contribution < 1.29 is 9.53 Å². The van der Waals surface area contributed by atoms with Crippen LogP contribution in [0.15, 0.2) is 67.0 Å². The van der Waals surface area contributed by atoms with Crippen molar-refractivity contribution in [3.63, 3.8) is 0 Å². The highest BCUT2D eigenvalue weighted by Gasteiger charge is 2.15. The van der Waals surface area contributed by atoms with E-state index in [-0.39, 0.29) is 11.9 Å². The van der Waals surface area contributed by atoms with E-state index >= 15 is 0 Å². The topological polar surface area (TPSA) is 56.2 Å². The van der Waals surface area contributed by atoms with Crippen LogP contribution in [0.3, 0.4) is 0 Å². The van der Waals surface area contributed by atoms with Crippen LogP contribution < -0.4 is 10.1 Å². The Hall–Kier alpha value is -3.08. The van der Waals surface area contributed by atoms with Crippen molar-refractivity contribution >= 4 is 5.91 Å². The molecule has 2 aromatic carbocycles. The third kappa shape index (κ3) is 4.30. The van der Waals surface area contributed by atoms with Gasteiger partial charge < -0.3 is 10.1 Å². The zero-order valence-electron chi connectivity index (χ0n) is 15.1. The van der Waals surface area contributed by atoms with E-state index in [9.17, 15) is 4.79 Å². The number of benzene rings is 2. The molecule has 1 aromatic heterocycles. The van der Waals surface area contributed by atoms with Gasteiger partial charge in [-0.3, -0.25) is 9.48 Å². The average molecular weight is 349 g/mol. The van der Waals surface area contributed by atoms with E-state index in [0.29, 0.717) is 12.1 Å². The summed E-state index contributed by atoms with van der Waals surface area (Å²) in [5.74, 6) is 0.684. The molecule has 0 aliphatic carbocycles. The molecule has 1 N–H and O–H groups in total. The monoisotopic (exact) mass is 349 g/mol. The minimum absolute atomic E-state index is 0.0501. The normalized spacial score (nSPS) is 11.8. The van der Waals surface area contributed by atoms with Crippen molar-refractivity contribution in [1.82, 2.24) is 15.1 Å². The highest BCUT2D eigenvalue weighted by molar-refractivity contribution is 5.93. The summed E-state index contributed by atoms with van der Waals surface area (Å²) in [5.41, 5.74) is 2.76. The first-order valence-electron chi connectivity index (χ1n) is 8.70. The van der Waals surface area contributed by atoms with E-state index < -0.39 is 0 Å². The van der Waals surface area contributed by atoms with Gasteiger partial charge in [-0.1, -0.05) is 49.4 Å². The van der Waals surface area contributed by atoms with Gasteiger partial charge in [0.2, 0.25) is 0 Å². The molecule has 1 atom stereocenters. The third-order valence-corrected chi connectivity index (χ3v) is 4.31. The summed E-state index contributed by atoms with van der Waals surface area (Å²) in [6.45, 7) is 2.69. The summed E-state index contributed by atoms with van der Waals surface area (Å²) in [7, 11) is 1.64. The van der Waals surface area contributed by atoms with Crippen LogP contribution in [0.5, 0.6) is 5.75 Å². The molecule has 0 saturated carbocycles. The lowest BCUT2D eigenvalue weighted by Crippen LogP contribution is -2.27. The highest BCUT2D eigenvalue weighted by Crippen LogP contribution is 2.20. The van der Waals surface area contributed by atoms with Crippen LogP contribution in [0.4, 0.5) is 0 Å². The molecular formula is C21H23N3O2. The second kappa shape index (κ2) is 8.34. The molecule has 0 saturated heterocycles. The lowest BCUT2D eigenvalue weighted by atomic mass is 10.0. The zero-order valence-corrected chi connectivity index (χ0v) is 15.1. The van der Waals surface area contributed by atoms with Crippen LogP contribution in [0.25, 0.3) is 0 Å². The largest absolute Gasteiger partial charge is 0.497 e. The molecule has 26 heavy (non-hydrogen) atoms. The standard InChI is InChI=1S/C21H23N3O2/c1-3-20(17-9-11-19(26-2)12-10-17)23-21(25)18-13-22-24(15-18)14-16-7-5-4-6-8-16/h4-13,15,20H,3,14H2,1-2H3,(H,23,25). The predicted octanol–water partition coefficient (Wildman–Crippen LogP) is 3.82. The van der Waals surface area contributed by atoms with E-state index in [2.05, 4.69) is 10.4 Å². The summed E-state index contributed by atoms with van der Waals surface area (Å²) in [6, 6.07) is 17.8. The van der Waals surface area contributed by atoms with Crippen molar-refractivity contribution in [3.8, 4) is 5.75 Å². The molecule has 5 heteroatoms. The molecule has 1 unspecified atom stereocenters. The Morgan fingerprint density at radius 1 is 1.15 bits per heavy atom. The highest BCUT2D eigenvalue weighted by atomic mass is 16.5. The first-order chi connectivity index (χ1) is 12.7. The SMILES string of the molecule is CCC(NC(=O)c1cnn(Cc2ccccc2)c1)c1ccc(OC)cc1. The van der Waals surface area contributed by atoms with Crippen LogP contribution in [-0.2, 0) is 6.54 Å². The summed E-state index contributed by atoms with van der Waals surface area (Å²) in [4.78, 5) is 12.6. The Labute approximate surface area is 153 Å². The van der Waals surface area contributed by atoms with E-state index in [1.807, 2.05) is 61.5 Å². The number of amides is 1. The molecule has 0 aliphatic rings. The number of hydrogen-bond acceptors (Lipinski definition) is 3. The summed E-state index contributed by atoms with van der Waals surface area (Å²) < 4.78 is 6.96. The van der Waals surface area contributed by atoms with Gasteiger partial charge >= 0.3 is 0 Å². The minimum atomic E-state index is -0.119. The number of nitrogens with zero attached hydrogens (tertiary/aromatic N) is 2. The molecular weight excluding hydrogens is 326 g/mol. The number of aromatic nitrogens is 2. The van der Waals surface area contributed by atoms with Crippen LogP contribution in [0.2, 0.25) is 0 Å². The minimum Gasteiger partial charge on any atom is -0.497 e. The smallest absolute Gasteiger partial charge is 0.254 e. The van der Waals surface area contributed by atoms with Gasteiger partial charge in [-0.25, -0.2) is 0 Å². The van der Waals surface area contributed by atoms with Gasteiger partial charge in [-0.15, -0.1) is 0 Å². The van der Waals surface area contributed by atoms with E-state index in [1.54, 1.807) is 24.2 Å². The van der Waals surface area contributed by atoms with Gasteiger partial charge in [0.1, 0.15) is 5.75 Å². The first-order valence-corrected chi connectivity index (χ1v) is 8.70. The fourth-order valence-corrected chi connectivity index (χ4v) is 2.84. The van der Waals surface area contributed by atoms with Gasteiger partial charge in [0, 0.05) is 6.20 Å². The van der Waals surface area contributed by atoms with Gasteiger partial charge in [0.15, 0.2) is 0 Å². The quantitative estimate of drug-likeness (QED) is 0.705. The average Bonchev–Trinajstić information content (AvgIpc) is 3.15. The maximum atomic E-state index is 12.6. The van der Waals surface area contributed by atoms with Gasteiger partial charge in [-0.05, 0) is 29.7 Å². The van der Waals surface area contributed by atoms with Crippen LogP contribution in [0, 0.1) is 0 Å². The Morgan fingerprint density at radius 2 is 1.88 bits per heavy atom. The van der Waals surface area contributed by atoms with Crippen LogP contribution in [0.1, 0.15) is 40.9 Å². The van der Waals surface area contributed by atoms with Gasteiger partial charge in [0.25, 0.3) is 5.91 Å². The van der Waals surface area contributed by atoms with E-state index in [4.69, 9.17) is 4.74 Å². The fraction of sp³-hybridized carbons (Fsp3) is 0.238. The van der Waals surface area contributed by atoms with Gasteiger partial charge in [-0.2, -0.15) is 5.10 Å². The number of nitrogens with one attached hydrogen (secondary N) is 1. The van der Waals surface area contributed by atoms with Crippen molar-refractivity contribution in [2.75, 3.05) is 7.11 Å². The van der Waals surface area contributed by atoms with Crippen molar-refractivity contribution in [2.45, 2.75) is 25.9 Å². The molecule has 0 spiro atoms. The number of rotatable bonds is 7. The fourth-order valence-electron chi connectivity index (χ4n) is 2.84. The molecule has 3 rings (SSSR count). The Bertz CT molecular complexity index is 841. The van der Waals surface area contributed by atoms with Gasteiger partial charge in [0.05, 0.1) is 31.5 Å². The number of ether oxygens (including phenoxy) is 1. The van der Waals surface area contributed by atoms with E-state index in [0.717, 1.165) is 23.3 Å². The second-order valence-corrected chi connectivity index (χ2v) is 6.12. The predicted molar refractivity (Wildman–Crippen MR) is 101 cm³/mol. The van der Waals surface area contributed by atoms with E-state index in [1.165, 1.54) is 0 Å². The lowest BCUT2D eigenvalue weighted by molar-refractivity contribution is 0.0935. The van der Waals surface area contributed by atoms with Crippen molar-refractivity contribution in [3.05, 3.63) is 83.7 Å². The molecule has 1 amide bonds. The molecule has 3 aromatic rings. The Kier molecular flexibility index (Phi) is 5.69. The maximum Gasteiger partial charge on any atom is 0.254 e. The Balaban J connectivity index is 1.66. The molecule has 1 heterocycles. The van der Waals surface area contributed by atoms with Crippen molar-refractivity contribution in [2.24, 2.45) is 0 Å². The van der Waals surface area contributed by atoms with Crippen LogP contribution >= 0.6 is 0 Å². The summed E-state index contributed by atoms with van der Waals surface area (Å²) in [6.07, 6.45) is 4.19. The number of methoxy groups -OCH3 is 1. The number of carbonyl (C=O) groups is 1. The summed E-state index contributed by atoms with van der Waals surface area (Å²) >= 11 is 0. The molecule has 0 radical (unpaired) electrons. The lowest BCUT2D eigenvalue weighted by Gasteiger charge is -2.17. The van der Waals surface area contributed by atoms with Crippen LogP contribution in [-0.4, -0.2) is 22.8 Å². The second-order valence-electron chi connectivity index (χ2n) is 6.12. The number of carbonyl (C=O) groups excluding carboxylic acids is 1. The number of hydrogen-bond donors (Lipinski definition) is 1. The maximum absolute atomic E-state index is 12.6. The molecule has 0 bridgehead atoms. The zero-order chi connectivity index (χ0) is 18.4. The first kappa shape index (κ1) is 17.7. The molecule has 0 fully saturated rings. The third-order valence-electron chi connectivity index (χ3n) is 4.31. The molecule has 0 aliphatic heterocycles. The van der Waals surface area contributed by atoms with Crippen molar-refractivity contribution in [1.29, 1.82) is 0 Å².